The Bertz CT molecular complexity index is 383. The third-order valence-corrected chi connectivity index (χ3v) is 2.05. The highest BCUT2D eigenvalue weighted by Gasteiger charge is 2.19. The van der Waals surface area contributed by atoms with Crippen LogP contribution in [0.15, 0.2) is 30.3 Å². The molecule has 0 heterocycles. The van der Waals surface area contributed by atoms with E-state index in [2.05, 4.69) is 9.47 Å². The Morgan fingerprint density at radius 3 is 2.44 bits per heavy atom. The van der Waals surface area contributed by atoms with Crippen molar-refractivity contribution in [3.05, 3.63) is 35.9 Å². The summed E-state index contributed by atoms with van der Waals surface area (Å²) in [6.45, 7) is 1.77. The lowest BCUT2D eigenvalue weighted by Crippen LogP contribution is -2.35. The molecule has 0 bridgehead atoms. The highest BCUT2D eigenvalue weighted by molar-refractivity contribution is 5.85. The van der Waals surface area contributed by atoms with Crippen molar-refractivity contribution in [1.82, 2.24) is 0 Å². The maximum Gasteiger partial charge on any atom is 0.516 e. The molecule has 0 saturated heterocycles. The van der Waals surface area contributed by atoms with Crippen LogP contribution >= 0.6 is 12.4 Å². The van der Waals surface area contributed by atoms with E-state index in [0.29, 0.717) is 6.42 Å². The van der Waals surface area contributed by atoms with Crippen LogP contribution in [0.4, 0.5) is 4.79 Å². The third kappa shape index (κ3) is 5.65. The molecular weight excluding hydrogens is 258 g/mol. The zero-order valence-electron chi connectivity index (χ0n) is 10.00. The molecule has 18 heavy (non-hydrogen) atoms. The van der Waals surface area contributed by atoms with Crippen molar-refractivity contribution < 1.29 is 19.1 Å². The van der Waals surface area contributed by atoms with Gasteiger partial charge < -0.3 is 15.2 Å². The van der Waals surface area contributed by atoms with Crippen LogP contribution in [0.3, 0.4) is 0 Å². The molecule has 0 spiro atoms. The standard InChI is InChI=1S/C12H15NO4.ClH/c1-2-16-12(15)17-11(14)10(13)8-9-6-4-3-5-7-9;/h3-7,10H,2,8,13H2,1H3;1H/t10-;/m1./s1. The van der Waals surface area contributed by atoms with Gasteiger partial charge in [-0.05, 0) is 18.9 Å². The van der Waals surface area contributed by atoms with Gasteiger partial charge in [-0.3, -0.25) is 0 Å². The predicted molar refractivity (Wildman–Crippen MR) is 68.5 cm³/mol. The summed E-state index contributed by atoms with van der Waals surface area (Å²) in [5.74, 6) is -0.785. The van der Waals surface area contributed by atoms with Crippen molar-refractivity contribution in [3.8, 4) is 0 Å². The van der Waals surface area contributed by atoms with Gasteiger partial charge in [-0.15, -0.1) is 12.4 Å². The normalized spacial score (nSPS) is 11.0. The molecule has 0 radical (unpaired) electrons. The molecule has 5 nitrogen and oxygen atoms in total. The number of benzene rings is 1. The smallest absolute Gasteiger partial charge is 0.434 e. The summed E-state index contributed by atoms with van der Waals surface area (Å²) in [4.78, 5) is 22.3. The number of hydrogen-bond donors (Lipinski definition) is 1. The number of rotatable bonds is 4. The van der Waals surface area contributed by atoms with Gasteiger partial charge in [-0.2, -0.15) is 0 Å². The first kappa shape index (κ1) is 16.4. The van der Waals surface area contributed by atoms with Crippen molar-refractivity contribution in [1.29, 1.82) is 0 Å². The molecule has 0 saturated carbocycles. The van der Waals surface area contributed by atoms with Gasteiger partial charge in [0.2, 0.25) is 0 Å². The summed E-state index contributed by atoms with van der Waals surface area (Å²) in [6.07, 6.45) is -0.694. The minimum atomic E-state index is -1.01. The van der Waals surface area contributed by atoms with Crippen LogP contribution in [0.2, 0.25) is 0 Å². The largest absolute Gasteiger partial charge is 0.516 e. The number of esters is 1. The van der Waals surface area contributed by atoms with E-state index in [-0.39, 0.29) is 19.0 Å². The van der Waals surface area contributed by atoms with E-state index in [0.717, 1.165) is 5.56 Å². The Morgan fingerprint density at radius 1 is 1.28 bits per heavy atom. The Labute approximate surface area is 112 Å². The fourth-order valence-corrected chi connectivity index (χ4v) is 1.26. The van der Waals surface area contributed by atoms with Crippen LogP contribution in [0.1, 0.15) is 12.5 Å². The fourth-order valence-electron chi connectivity index (χ4n) is 1.26. The summed E-state index contributed by atoms with van der Waals surface area (Å²) in [7, 11) is 0. The lowest BCUT2D eigenvalue weighted by molar-refractivity contribution is -0.141. The topological polar surface area (TPSA) is 78.6 Å². The second kappa shape index (κ2) is 8.49. The van der Waals surface area contributed by atoms with Gasteiger partial charge in [-0.25, -0.2) is 9.59 Å². The summed E-state index contributed by atoms with van der Waals surface area (Å²) in [5, 5.41) is 0. The minimum absolute atomic E-state index is 0. The number of carbonyl (C=O) groups excluding carboxylic acids is 2. The van der Waals surface area contributed by atoms with E-state index in [1.54, 1.807) is 6.92 Å². The second-order valence-corrected chi connectivity index (χ2v) is 3.40. The number of halogens is 1. The Hall–Kier alpha value is -1.59. The van der Waals surface area contributed by atoms with Crippen LogP contribution in [-0.4, -0.2) is 24.8 Å². The van der Waals surface area contributed by atoms with E-state index >= 15 is 0 Å². The molecule has 0 fully saturated rings. The van der Waals surface area contributed by atoms with Crippen molar-refractivity contribution in [2.45, 2.75) is 19.4 Å². The SMILES string of the molecule is CCOC(=O)OC(=O)[C@H](N)Cc1ccccc1.Cl. The molecule has 1 aromatic rings. The van der Waals surface area contributed by atoms with E-state index in [1.165, 1.54) is 0 Å². The summed E-state index contributed by atoms with van der Waals surface area (Å²) in [6, 6.07) is 8.38. The van der Waals surface area contributed by atoms with E-state index < -0.39 is 18.2 Å². The zero-order chi connectivity index (χ0) is 12.7. The van der Waals surface area contributed by atoms with Crippen LogP contribution in [-0.2, 0) is 20.7 Å². The van der Waals surface area contributed by atoms with Crippen LogP contribution < -0.4 is 5.73 Å². The average Bonchev–Trinajstić information content (AvgIpc) is 2.30. The Kier molecular flexibility index (Phi) is 7.74. The lowest BCUT2D eigenvalue weighted by atomic mass is 10.1. The van der Waals surface area contributed by atoms with E-state index in [1.807, 2.05) is 30.3 Å². The molecule has 1 aromatic carbocycles. The van der Waals surface area contributed by atoms with Gasteiger partial charge in [0.15, 0.2) is 0 Å². The first-order valence-electron chi connectivity index (χ1n) is 5.31. The monoisotopic (exact) mass is 273 g/mol. The highest BCUT2D eigenvalue weighted by Crippen LogP contribution is 2.03. The summed E-state index contributed by atoms with van der Waals surface area (Å²) < 4.78 is 8.88. The number of ether oxygens (including phenoxy) is 2. The van der Waals surface area contributed by atoms with Crippen LogP contribution in [0.25, 0.3) is 0 Å². The van der Waals surface area contributed by atoms with Crippen molar-refractivity contribution in [2.75, 3.05) is 6.61 Å². The van der Waals surface area contributed by atoms with Crippen LogP contribution in [0.5, 0.6) is 0 Å². The van der Waals surface area contributed by atoms with Gasteiger partial charge in [-0.1, -0.05) is 30.3 Å². The Balaban J connectivity index is 0.00000289. The van der Waals surface area contributed by atoms with Gasteiger partial charge in [0.1, 0.15) is 6.04 Å². The third-order valence-electron chi connectivity index (χ3n) is 2.05. The quantitative estimate of drug-likeness (QED) is 0.667. The minimum Gasteiger partial charge on any atom is -0.434 e. The molecule has 0 aliphatic heterocycles. The summed E-state index contributed by atoms with van der Waals surface area (Å²) in [5.41, 5.74) is 6.51. The maximum atomic E-state index is 11.4. The maximum absolute atomic E-state index is 11.4. The average molecular weight is 274 g/mol. The molecule has 0 aliphatic carbocycles. The molecule has 0 amide bonds. The number of hydrogen-bond acceptors (Lipinski definition) is 5. The van der Waals surface area contributed by atoms with E-state index in [9.17, 15) is 9.59 Å². The molecule has 6 heteroatoms. The highest BCUT2D eigenvalue weighted by atomic mass is 35.5. The van der Waals surface area contributed by atoms with Gasteiger partial charge in [0.05, 0.1) is 6.61 Å². The Morgan fingerprint density at radius 2 is 1.89 bits per heavy atom. The molecule has 0 aliphatic rings. The van der Waals surface area contributed by atoms with Crippen molar-refractivity contribution >= 4 is 24.5 Å². The number of nitrogens with two attached hydrogens (primary N) is 1. The van der Waals surface area contributed by atoms with Gasteiger partial charge in [0.25, 0.3) is 0 Å². The predicted octanol–water partition coefficient (Wildman–Crippen LogP) is 1.68. The second-order valence-electron chi connectivity index (χ2n) is 3.40. The molecular formula is C12H16ClNO4. The molecule has 2 N–H and O–H groups in total. The molecule has 1 atom stereocenters. The molecule has 0 aromatic heterocycles. The van der Waals surface area contributed by atoms with E-state index in [4.69, 9.17) is 5.73 Å². The molecule has 100 valence electrons. The first-order valence-corrected chi connectivity index (χ1v) is 5.31. The number of carbonyl (C=O) groups is 2. The van der Waals surface area contributed by atoms with Crippen LogP contribution in [0, 0.1) is 0 Å². The fraction of sp³-hybridized carbons (Fsp3) is 0.333. The molecule has 1 rings (SSSR count). The van der Waals surface area contributed by atoms with Crippen molar-refractivity contribution in [3.63, 3.8) is 0 Å². The van der Waals surface area contributed by atoms with Gasteiger partial charge >= 0.3 is 12.1 Å². The zero-order valence-corrected chi connectivity index (χ0v) is 10.8. The first-order chi connectivity index (χ1) is 8.13. The lowest BCUT2D eigenvalue weighted by Gasteiger charge is -2.09. The van der Waals surface area contributed by atoms with Crippen molar-refractivity contribution in [2.24, 2.45) is 5.73 Å². The van der Waals surface area contributed by atoms with Gasteiger partial charge in [0, 0.05) is 0 Å². The molecule has 0 unspecified atom stereocenters. The summed E-state index contributed by atoms with van der Waals surface area (Å²) >= 11 is 0.